The van der Waals surface area contributed by atoms with Crippen molar-refractivity contribution in [3.63, 3.8) is 0 Å². The fourth-order valence-corrected chi connectivity index (χ4v) is 5.84. The summed E-state index contributed by atoms with van der Waals surface area (Å²) < 4.78 is 12.2. The van der Waals surface area contributed by atoms with Crippen molar-refractivity contribution >= 4 is 28.5 Å². The lowest BCUT2D eigenvalue weighted by Crippen LogP contribution is -2.34. The summed E-state index contributed by atoms with van der Waals surface area (Å²) in [5.74, 6) is 2.81. The molecule has 0 aliphatic carbocycles. The van der Waals surface area contributed by atoms with E-state index in [4.69, 9.17) is 9.47 Å². The molecule has 0 radical (unpaired) electrons. The van der Waals surface area contributed by atoms with Gasteiger partial charge >= 0.3 is 0 Å². The van der Waals surface area contributed by atoms with Gasteiger partial charge in [0, 0.05) is 15.7 Å². The fraction of sp³-hybridized carbons (Fsp3) is 0.387. The quantitative estimate of drug-likeness (QED) is 0.282. The van der Waals surface area contributed by atoms with E-state index >= 15 is 0 Å². The summed E-state index contributed by atoms with van der Waals surface area (Å²) in [4.78, 5) is 15.5. The van der Waals surface area contributed by atoms with Crippen LogP contribution in [0, 0.1) is 9.49 Å². The zero-order chi connectivity index (χ0) is 25.8. The molecule has 2 aliphatic heterocycles. The average Bonchev–Trinajstić information content (AvgIpc) is 3.40. The van der Waals surface area contributed by atoms with E-state index in [9.17, 15) is 4.79 Å². The predicted molar refractivity (Wildman–Crippen MR) is 155 cm³/mol. The van der Waals surface area contributed by atoms with Gasteiger partial charge in [0.05, 0.1) is 6.04 Å². The maximum absolute atomic E-state index is 13.0. The van der Waals surface area contributed by atoms with Gasteiger partial charge in [-0.2, -0.15) is 0 Å². The zero-order valence-electron chi connectivity index (χ0n) is 21.6. The topological polar surface area (TPSA) is 50.8 Å². The number of rotatable bonds is 8. The first kappa shape index (κ1) is 26.0. The molecule has 194 valence electrons. The van der Waals surface area contributed by atoms with Gasteiger partial charge < -0.3 is 14.8 Å². The van der Waals surface area contributed by atoms with Crippen molar-refractivity contribution in [3.05, 3.63) is 92.6 Å². The smallest absolute Gasteiger partial charge is 0.251 e. The third-order valence-electron chi connectivity index (χ3n) is 7.87. The minimum atomic E-state index is -0.0126. The fourth-order valence-electron chi connectivity index (χ4n) is 5.48. The van der Waals surface area contributed by atoms with E-state index in [1.54, 1.807) is 0 Å². The molecule has 0 saturated carbocycles. The van der Waals surface area contributed by atoms with Crippen LogP contribution in [0.1, 0.15) is 72.1 Å². The van der Waals surface area contributed by atoms with E-state index in [1.807, 2.05) is 18.2 Å². The first-order chi connectivity index (χ1) is 18.0. The van der Waals surface area contributed by atoms with E-state index in [0.717, 1.165) is 48.7 Å². The number of nitrogens with zero attached hydrogens (tertiary/aromatic N) is 1. The largest absolute Gasteiger partial charge is 0.454 e. The third-order valence-corrected chi connectivity index (χ3v) is 8.59. The number of amides is 1. The molecule has 2 aliphatic rings. The van der Waals surface area contributed by atoms with E-state index in [0.29, 0.717) is 18.6 Å². The minimum Gasteiger partial charge on any atom is -0.454 e. The van der Waals surface area contributed by atoms with Crippen LogP contribution >= 0.6 is 22.6 Å². The second-order valence-electron chi connectivity index (χ2n) is 10.2. The van der Waals surface area contributed by atoms with E-state index in [1.165, 1.54) is 27.5 Å². The molecule has 5 nitrogen and oxygen atoms in total. The first-order valence-corrected chi connectivity index (χ1v) is 14.3. The molecule has 2 unspecified atom stereocenters. The van der Waals surface area contributed by atoms with Crippen molar-refractivity contribution < 1.29 is 14.3 Å². The van der Waals surface area contributed by atoms with Crippen LogP contribution in [0.25, 0.3) is 0 Å². The highest BCUT2D eigenvalue weighted by Crippen LogP contribution is 2.35. The molecule has 1 amide bonds. The van der Waals surface area contributed by atoms with Crippen LogP contribution < -0.4 is 14.8 Å². The number of nitrogens with one attached hydrogen (secondary N) is 1. The van der Waals surface area contributed by atoms with Gasteiger partial charge in [-0.1, -0.05) is 44.2 Å². The summed E-state index contributed by atoms with van der Waals surface area (Å²) in [6.07, 6.45) is 3.22. The predicted octanol–water partition coefficient (Wildman–Crippen LogP) is 6.92. The van der Waals surface area contributed by atoms with Crippen LogP contribution in [0.2, 0.25) is 0 Å². The maximum atomic E-state index is 13.0. The third kappa shape index (κ3) is 6.29. The van der Waals surface area contributed by atoms with E-state index in [-0.39, 0.29) is 11.9 Å². The van der Waals surface area contributed by atoms with Gasteiger partial charge in [0.25, 0.3) is 5.91 Å². The second kappa shape index (κ2) is 11.9. The molecule has 0 aromatic heterocycles. The van der Waals surface area contributed by atoms with E-state index in [2.05, 4.69) is 95.2 Å². The minimum absolute atomic E-state index is 0.0126. The van der Waals surface area contributed by atoms with Gasteiger partial charge in [0.1, 0.15) is 0 Å². The lowest BCUT2D eigenvalue weighted by Gasteiger charge is -2.35. The van der Waals surface area contributed by atoms with Crippen molar-refractivity contribution in [2.75, 3.05) is 19.9 Å². The molecule has 1 N–H and O–H groups in total. The molecule has 0 bridgehead atoms. The van der Waals surface area contributed by atoms with Crippen molar-refractivity contribution in [2.45, 2.75) is 51.6 Å². The standard InChI is InChI=1S/C31H35IN2O3/c1-3-28(25-9-11-27(32)12-10-25)33-31(35)26-7-5-23(6-8-26)21(2)24-14-16-34(17-15-24)19-22-4-13-29-30(18-22)37-20-36-29/h4-13,18,21,24,28H,3,14-17,19-20H2,1-2H3,(H,33,35). The number of likely N-dealkylation sites (tertiary alicyclic amines) is 1. The number of carbonyl (C=O) groups excluding carboxylic acids is 1. The summed E-state index contributed by atoms with van der Waals surface area (Å²) in [6, 6.07) is 22.9. The summed E-state index contributed by atoms with van der Waals surface area (Å²) in [6.45, 7) is 7.90. The Labute approximate surface area is 233 Å². The number of carbonyl (C=O) groups is 1. The van der Waals surface area contributed by atoms with Crippen molar-refractivity contribution in [2.24, 2.45) is 5.92 Å². The number of hydrogen-bond acceptors (Lipinski definition) is 4. The summed E-state index contributed by atoms with van der Waals surface area (Å²) >= 11 is 2.30. The average molecular weight is 611 g/mol. The Bertz CT molecular complexity index is 1200. The highest BCUT2D eigenvalue weighted by molar-refractivity contribution is 14.1. The molecule has 5 rings (SSSR count). The Morgan fingerprint density at radius 3 is 2.35 bits per heavy atom. The maximum Gasteiger partial charge on any atom is 0.251 e. The number of ether oxygens (including phenoxy) is 2. The Balaban J connectivity index is 1.13. The molecular formula is C31H35IN2O3. The zero-order valence-corrected chi connectivity index (χ0v) is 23.7. The van der Waals surface area contributed by atoms with Crippen LogP contribution in [0.5, 0.6) is 11.5 Å². The van der Waals surface area contributed by atoms with Gasteiger partial charge in [-0.3, -0.25) is 9.69 Å². The van der Waals surface area contributed by atoms with Crippen LogP contribution in [0.15, 0.2) is 66.7 Å². The molecular weight excluding hydrogens is 575 g/mol. The number of piperidine rings is 1. The Kier molecular flexibility index (Phi) is 8.35. The number of fused-ring (bicyclic) bond motifs is 1. The monoisotopic (exact) mass is 610 g/mol. The van der Waals surface area contributed by atoms with Gasteiger partial charge in [-0.15, -0.1) is 0 Å². The molecule has 0 spiro atoms. The van der Waals surface area contributed by atoms with Crippen LogP contribution in [-0.4, -0.2) is 30.7 Å². The van der Waals surface area contributed by atoms with Crippen molar-refractivity contribution in [1.82, 2.24) is 10.2 Å². The molecule has 37 heavy (non-hydrogen) atoms. The summed E-state index contributed by atoms with van der Waals surface area (Å²) in [7, 11) is 0. The normalized spacial score (nSPS) is 17.4. The number of benzene rings is 3. The Morgan fingerprint density at radius 1 is 0.973 bits per heavy atom. The molecule has 3 aromatic carbocycles. The van der Waals surface area contributed by atoms with Crippen LogP contribution in [0.3, 0.4) is 0 Å². The highest BCUT2D eigenvalue weighted by atomic mass is 127. The SMILES string of the molecule is CCC(NC(=O)c1ccc(C(C)C2CCN(Cc3ccc4c(c3)OCO4)CC2)cc1)c1ccc(I)cc1. The van der Waals surface area contributed by atoms with Crippen molar-refractivity contribution in [3.8, 4) is 11.5 Å². The molecule has 2 heterocycles. The van der Waals surface area contributed by atoms with Gasteiger partial charge in [-0.05, 0) is 120 Å². The van der Waals surface area contributed by atoms with Crippen LogP contribution in [-0.2, 0) is 6.54 Å². The molecule has 2 atom stereocenters. The molecule has 1 fully saturated rings. The highest BCUT2D eigenvalue weighted by Gasteiger charge is 2.25. The van der Waals surface area contributed by atoms with Gasteiger partial charge in [0.2, 0.25) is 6.79 Å². The molecule has 3 aromatic rings. The molecule has 6 heteroatoms. The second-order valence-corrected chi connectivity index (χ2v) is 11.4. The summed E-state index contributed by atoms with van der Waals surface area (Å²) in [5.41, 5.74) is 4.46. The summed E-state index contributed by atoms with van der Waals surface area (Å²) in [5, 5.41) is 3.21. The number of halogens is 1. The number of hydrogen-bond donors (Lipinski definition) is 1. The van der Waals surface area contributed by atoms with Crippen molar-refractivity contribution in [1.29, 1.82) is 0 Å². The Morgan fingerprint density at radius 2 is 1.65 bits per heavy atom. The van der Waals surface area contributed by atoms with Gasteiger partial charge in [0.15, 0.2) is 11.5 Å². The van der Waals surface area contributed by atoms with Gasteiger partial charge in [-0.25, -0.2) is 0 Å². The van der Waals surface area contributed by atoms with Crippen LogP contribution in [0.4, 0.5) is 0 Å². The lowest BCUT2D eigenvalue weighted by molar-refractivity contribution is 0.0935. The first-order valence-electron chi connectivity index (χ1n) is 13.3. The lowest BCUT2D eigenvalue weighted by atomic mass is 9.81. The Hall–Kier alpha value is -2.58. The molecule has 1 saturated heterocycles. The van der Waals surface area contributed by atoms with E-state index < -0.39 is 0 Å².